The van der Waals surface area contributed by atoms with Gasteiger partial charge in [0.25, 0.3) is 0 Å². The number of nitrogens with one attached hydrogen (secondary N) is 1. The van der Waals surface area contributed by atoms with Crippen LogP contribution in [-0.2, 0) is 0 Å². The van der Waals surface area contributed by atoms with Gasteiger partial charge < -0.3 is 5.32 Å². The maximum Gasteiger partial charge on any atom is 0.0597 e. The van der Waals surface area contributed by atoms with Crippen molar-refractivity contribution in [2.24, 2.45) is 0 Å². The first-order valence-corrected chi connectivity index (χ1v) is 4.74. The second-order valence-electron chi connectivity index (χ2n) is 3.44. The van der Waals surface area contributed by atoms with Gasteiger partial charge in [0, 0.05) is 12.6 Å². The second-order valence-corrected chi connectivity index (χ2v) is 3.44. The van der Waals surface area contributed by atoms with Crippen LogP contribution in [0.1, 0.15) is 33.1 Å². The first-order valence-electron chi connectivity index (χ1n) is 4.74. The predicted molar refractivity (Wildman–Crippen MR) is 48.5 cm³/mol. The third-order valence-electron chi connectivity index (χ3n) is 2.69. The standard InChI is InChI=1S/C9H20N2/c1-4-6-9-10-7-8(5-2)11(9)3/h8-10H,4-7H2,1-3H3. The largest absolute Gasteiger partial charge is 0.300 e. The summed E-state index contributed by atoms with van der Waals surface area (Å²) in [6.07, 6.45) is 4.47. The van der Waals surface area contributed by atoms with Gasteiger partial charge in [-0.15, -0.1) is 0 Å². The van der Waals surface area contributed by atoms with E-state index in [9.17, 15) is 0 Å². The van der Waals surface area contributed by atoms with Crippen LogP contribution in [0.25, 0.3) is 0 Å². The van der Waals surface area contributed by atoms with Crippen LogP contribution in [0.2, 0.25) is 0 Å². The highest BCUT2D eigenvalue weighted by Crippen LogP contribution is 2.14. The molecule has 2 heteroatoms. The lowest BCUT2D eigenvalue weighted by molar-refractivity contribution is 0.220. The fraction of sp³-hybridized carbons (Fsp3) is 1.00. The van der Waals surface area contributed by atoms with Crippen LogP contribution in [-0.4, -0.2) is 30.7 Å². The van der Waals surface area contributed by atoms with Crippen LogP contribution in [0.4, 0.5) is 0 Å². The van der Waals surface area contributed by atoms with E-state index in [0.29, 0.717) is 6.17 Å². The zero-order valence-electron chi connectivity index (χ0n) is 7.93. The molecule has 2 unspecified atom stereocenters. The van der Waals surface area contributed by atoms with E-state index in [1.807, 2.05) is 0 Å². The Bertz CT molecular complexity index is 114. The maximum atomic E-state index is 3.53. The van der Waals surface area contributed by atoms with Crippen LogP contribution in [0.15, 0.2) is 0 Å². The molecule has 0 bridgehead atoms. The Balaban J connectivity index is 2.35. The molecule has 2 nitrogen and oxygen atoms in total. The summed E-state index contributed by atoms with van der Waals surface area (Å²) in [4.78, 5) is 2.48. The smallest absolute Gasteiger partial charge is 0.0597 e. The average Bonchev–Trinajstić information content (AvgIpc) is 2.34. The van der Waals surface area contributed by atoms with E-state index in [1.165, 1.54) is 25.8 Å². The van der Waals surface area contributed by atoms with Crippen molar-refractivity contribution in [3.63, 3.8) is 0 Å². The molecule has 0 amide bonds. The topological polar surface area (TPSA) is 15.3 Å². The molecule has 0 aromatic rings. The highest BCUT2D eigenvalue weighted by Gasteiger charge is 2.27. The van der Waals surface area contributed by atoms with E-state index in [4.69, 9.17) is 0 Å². The van der Waals surface area contributed by atoms with E-state index in [0.717, 1.165) is 6.04 Å². The molecule has 1 aliphatic heterocycles. The number of rotatable bonds is 3. The highest BCUT2D eigenvalue weighted by atomic mass is 15.3. The molecule has 1 saturated heterocycles. The third kappa shape index (κ3) is 1.94. The SMILES string of the molecule is CCCC1NCC(CC)N1C. The van der Waals surface area contributed by atoms with Crippen molar-refractivity contribution in [2.45, 2.75) is 45.3 Å². The summed E-state index contributed by atoms with van der Waals surface area (Å²) in [5.74, 6) is 0. The molecule has 1 N–H and O–H groups in total. The van der Waals surface area contributed by atoms with Gasteiger partial charge in [-0.3, -0.25) is 4.90 Å². The summed E-state index contributed by atoms with van der Waals surface area (Å²) in [7, 11) is 2.23. The van der Waals surface area contributed by atoms with Crippen molar-refractivity contribution in [3.8, 4) is 0 Å². The Morgan fingerprint density at radius 3 is 2.64 bits per heavy atom. The second kappa shape index (κ2) is 4.07. The van der Waals surface area contributed by atoms with Crippen molar-refractivity contribution in [1.82, 2.24) is 10.2 Å². The van der Waals surface area contributed by atoms with Gasteiger partial charge in [-0.2, -0.15) is 0 Å². The number of hydrogen-bond donors (Lipinski definition) is 1. The molecule has 0 saturated carbocycles. The van der Waals surface area contributed by atoms with Gasteiger partial charge in [-0.25, -0.2) is 0 Å². The number of likely N-dealkylation sites (N-methyl/N-ethyl adjacent to an activating group) is 1. The van der Waals surface area contributed by atoms with Crippen LogP contribution in [0.3, 0.4) is 0 Å². The van der Waals surface area contributed by atoms with E-state index >= 15 is 0 Å². The van der Waals surface area contributed by atoms with Crippen LogP contribution in [0, 0.1) is 0 Å². The molecular formula is C9H20N2. The predicted octanol–water partition coefficient (Wildman–Crippen LogP) is 1.43. The van der Waals surface area contributed by atoms with E-state index in [-0.39, 0.29) is 0 Å². The van der Waals surface area contributed by atoms with Gasteiger partial charge in [0.2, 0.25) is 0 Å². The third-order valence-corrected chi connectivity index (χ3v) is 2.69. The molecule has 66 valence electrons. The first kappa shape index (κ1) is 9.01. The molecular weight excluding hydrogens is 136 g/mol. The van der Waals surface area contributed by atoms with Gasteiger partial charge >= 0.3 is 0 Å². The van der Waals surface area contributed by atoms with Crippen LogP contribution in [0.5, 0.6) is 0 Å². The molecule has 1 rings (SSSR count). The van der Waals surface area contributed by atoms with Gasteiger partial charge in [0.15, 0.2) is 0 Å². The van der Waals surface area contributed by atoms with Gasteiger partial charge in [0.05, 0.1) is 6.17 Å². The summed E-state index contributed by atoms with van der Waals surface area (Å²) in [6.45, 7) is 5.68. The minimum Gasteiger partial charge on any atom is -0.300 e. The van der Waals surface area contributed by atoms with Crippen LogP contribution >= 0.6 is 0 Å². The van der Waals surface area contributed by atoms with Crippen molar-refractivity contribution in [3.05, 3.63) is 0 Å². The molecule has 0 aromatic carbocycles. The molecule has 0 spiro atoms. The van der Waals surface area contributed by atoms with Crippen molar-refractivity contribution < 1.29 is 0 Å². The highest BCUT2D eigenvalue weighted by molar-refractivity contribution is 4.83. The van der Waals surface area contributed by atoms with Gasteiger partial charge in [0.1, 0.15) is 0 Å². The first-order chi connectivity index (χ1) is 5.29. The molecule has 1 aliphatic rings. The quantitative estimate of drug-likeness (QED) is 0.665. The average molecular weight is 156 g/mol. The summed E-state index contributed by atoms with van der Waals surface area (Å²) in [5, 5.41) is 3.53. The molecule has 1 heterocycles. The fourth-order valence-electron chi connectivity index (χ4n) is 1.83. The maximum absolute atomic E-state index is 3.53. The molecule has 1 fully saturated rings. The minimum absolute atomic E-state index is 0.643. The van der Waals surface area contributed by atoms with Crippen molar-refractivity contribution in [2.75, 3.05) is 13.6 Å². The monoisotopic (exact) mass is 156 g/mol. The van der Waals surface area contributed by atoms with Crippen molar-refractivity contribution >= 4 is 0 Å². The Morgan fingerprint density at radius 1 is 1.45 bits per heavy atom. The molecule has 11 heavy (non-hydrogen) atoms. The van der Waals surface area contributed by atoms with Gasteiger partial charge in [-0.05, 0) is 19.9 Å². The Kier molecular flexibility index (Phi) is 3.34. The Morgan fingerprint density at radius 2 is 2.18 bits per heavy atom. The number of nitrogens with zero attached hydrogens (tertiary/aromatic N) is 1. The van der Waals surface area contributed by atoms with E-state index < -0.39 is 0 Å². The lowest BCUT2D eigenvalue weighted by Gasteiger charge is -2.23. The summed E-state index contributed by atoms with van der Waals surface area (Å²) >= 11 is 0. The zero-order valence-corrected chi connectivity index (χ0v) is 7.93. The van der Waals surface area contributed by atoms with E-state index in [2.05, 4.69) is 31.1 Å². The molecule has 2 atom stereocenters. The summed E-state index contributed by atoms with van der Waals surface area (Å²) in [5.41, 5.74) is 0. The van der Waals surface area contributed by atoms with Gasteiger partial charge in [-0.1, -0.05) is 20.3 Å². The molecule has 0 aliphatic carbocycles. The molecule has 0 radical (unpaired) electrons. The number of hydrogen-bond acceptors (Lipinski definition) is 2. The summed E-state index contributed by atoms with van der Waals surface area (Å²) < 4.78 is 0. The van der Waals surface area contributed by atoms with Crippen LogP contribution < -0.4 is 5.32 Å². The summed E-state index contributed by atoms with van der Waals surface area (Å²) in [6, 6.07) is 0.770. The lowest BCUT2D eigenvalue weighted by atomic mass is 10.2. The Labute approximate surface area is 70.0 Å². The Hall–Kier alpha value is -0.0800. The molecule has 0 aromatic heterocycles. The fourth-order valence-corrected chi connectivity index (χ4v) is 1.83. The van der Waals surface area contributed by atoms with Crippen molar-refractivity contribution in [1.29, 1.82) is 0 Å². The van der Waals surface area contributed by atoms with E-state index in [1.54, 1.807) is 0 Å². The minimum atomic E-state index is 0.643. The lowest BCUT2D eigenvalue weighted by Crippen LogP contribution is -2.35. The zero-order chi connectivity index (χ0) is 8.27. The normalized spacial score (nSPS) is 33.0.